The molecule has 0 aliphatic rings. The van der Waals surface area contributed by atoms with E-state index in [0.29, 0.717) is 27.7 Å². The van der Waals surface area contributed by atoms with Crippen molar-refractivity contribution in [3.8, 4) is 0 Å². The molecule has 0 fully saturated rings. The highest BCUT2D eigenvalue weighted by Crippen LogP contribution is 2.28. The number of hydrogen-bond donors (Lipinski definition) is 1. The molecule has 0 radical (unpaired) electrons. The van der Waals surface area contributed by atoms with Crippen molar-refractivity contribution in [2.24, 2.45) is 5.73 Å². The topological polar surface area (TPSA) is 26.0 Å². The molecule has 1 unspecified atom stereocenters. The highest BCUT2D eigenvalue weighted by atomic mass is 35.5. The summed E-state index contributed by atoms with van der Waals surface area (Å²) >= 11 is 11.8. The zero-order valence-corrected chi connectivity index (χ0v) is 11.7. The number of rotatable bonds is 3. The second-order valence-corrected chi connectivity index (χ2v) is 5.17. The SMILES string of the molecule is NC(Cc1cc(Cl)ccc1Cl)c1c(F)cc(F)cc1F. The van der Waals surface area contributed by atoms with E-state index in [1.807, 2.05) is 0 Å². The molecule has 6 heteroatoms. The second-order valence-electron chi connectivity index (χ2n) is 4.33. The van der Waals surface area contributed by atoms with E-state index >= 15 is 0 Å². The molecular formula is C14H10Cl2F3N. The van der Waals surface area contributed by atoms with E-state index in [-0.39, 0.29) is 12.0 Å². The van der Waals surface area contributed by atoms with Gasteiger partial charge in [0, 0.05) is 33.8 Å². The minimum absolute atomic E-state index is 0.0822. The summed E-state index contributed by atoms with van der Waals surface area (Å²) in [5.41, 5.74) is 5.99. The standard InChI is InChI=1S/C14H10Cl2F3N/c15-8-1-2-10(16)7(3-8)4-13(20)14-11(18)5-9(17)6-12(14)19/h1-3,5-6,13H,4,20H2. The Bertz CT molecular complexity index is 623. The van der Waals surface area contributed by atoms with Crippen molar-refractivity contribution in [3.05, 3.63) is 69.0 Å². The van der Waals surface area contributed by atoms with Gasteiger partial charge < -0.3 is 5.73 Å². The molecule has 2 rings (SSSR count). The minimum Gasteiger partial charge on any atom is -0.323 e. The third kappa shape index (κ3) is 3.26. The van der Waals surface area contributed by atoms with Crippen molar-refractivity contribution in [1.29, 1.82) is 0 Å². The van der Waals surface area contributed by atoms with E-state index in [4.69, 9.17) is 28.9 Å². The Balaban J connectivity index is 2.33. The van der Waals surface area contributed by atoms with Gasteiger partial charge >= 0.3 is 0 Å². The molecule has 1 atom stereocenters. The fourth-order valence-corrected chi connectivity index (χ4v) is 2.34. The maximum Gasteiger partial charge on any atom is 0.133 e. The van der Waals surface area contributed by atoms with Crippen LogP contribution >= 0.6 is 23.2 Å². The maximum atomic E-state index is 13.6. The molecule has 0 aromatic heterocycles. The average molecular weight is 320 g/mol. The fourth-order valence-electron chi connectivity index (χ4n) is 1.95. The van der Waals surface area contributed by atoms with Crippen LogP contribution < -0.4 is 5.73 Å². The molecule has 2 aromatic carbocycles. The lowest BCUT2D eigenvalue weighted by Crippen LogP contribution is -2.17. The molecule has 0 aliphatic heterocycles. The first-order valence-electron chi connectivity index (χ1n) is 5.72. The molecule has 0 bridgehead atoms. The highest BCUT2D eigenvalue weighted by molar-refractivity contribution is 6.33. The molecule has 0 amide bonds. The van der Waals surface area contributed by atoms with Crippen LogP contribution in [-0.4, -0.2) is 0 Å². The molecule has 20 heavy (non-hydrogen) atoms. The summed E-state index contributed by atoms with van der Waals surface area (Å²) in [6.45, 7) is 0. The van der Waals surface area contributed by atoms with Gasteiger partial charge in [0.1, 0.15) is 17.5 Å². The summed E-state index contributed by atoms with van der Waals surface area (Å²) in [5, 5.41) is 0.837. The van der Waals surface area contributed by atoms with E-state index in [2.05, 4.69) is 0 Å². The van der Waals surface area contributed by atoms with Gasteiger partial charge in [0.05, 0.1) is 0 Å². The van der Waals surface area contributed by atoms with Crippen LogP contribution in [0, 0.1) is 17.5 Å². The van der Waals surface area contributed by atoms with Crippen molar-refractivity contribution in [1.82, 2.24) is 0 Å². The largest absolute Gasteiger partial charge is 0.323 e. The van der Waals surface area contributed by atoms with Gasteiger partial charge in [-0.3, -0.25) is 0 Å². The first kappa shape index (κ1) is 15.2. The average Bonchev–Trinajstić information content (AvgIpc) is 2.32. The minimum atomic E-state index is -1.02. The van der Waals surface area contributed by atoms with Crippen molar-refractivity contribution in [3.63, 3.8) is 0 Å². The quantitative estimate of drug-likeness (QED) is 0.875. The van der Waals surface area contributed by atoms with Crippen LogP contribution in [0.2, 0.25) is 10.0 Å². The van der Waals surface area contributed by atoms with Crippen molar-refractivity contribution in [2.75, 3.05) is 0 Å². The Labute approximate surface area is 124 Å². The summed E-state index contributed by atoms with van der Waals surface area (Å²) in [7, 11) is 0. The Morgan fingerprint density at radius 2 is 1.60 bits per heavy atom. The molecule has 2 aromatic rings. The Hall–Kier alpha value is -1.23. The third-order valence-electron chi connectivity index (χ3n) is 2.86. The highest BCUT2D eigenvalue weighted by Gasteiger charge is 2.19. The number of halogens is 5. The molecule has 0 aliphatic carbocycles. The van der Waals surface area contributed by atoms with Crippen LogP contribution in [0.15, 0.2) is 30.3 Å². The zero-order chi connectivity index (χ0) is 14.9. The maximum absolute atomic E-state index is 13.6. The van der Waals surface area contributed by atoms with Gasteiger partial charge in [0.15, 0.2) is 0 Å². The molecule has 2 N–H and O–H groups in total. The van der Waals surface area contributed by atoms with Gasteiger partial charge in [-0.05, 0) is 30.2 Å². The molecule has 106 valence electrons. The third-order valence-corrected chi connectivity index (χ3v) is 3.47. The first-order valence-corrected chi connectivity index (χ1v) is 6.48. The first-order chi connectivity index (χ1) is 9.38. The second kappa shape index (κ2) is 6.04. The zero-order valence-electron chi connectivity index (χ0n) is 10.1. The van der Waals surface area contributed by atoms with Gasteiger partial charge in [-0.25, -0.2) is 13.2 Å². The Kier molecular flexibility index (Phi) is 4.58. The van der Waals surface area contributed by atoms with Crippen molar-refractivity contribution < 1.29 is 13.2 Å². The summed E-state index contributed by atoms with van der Waals surface area (Å²) in [5.74, 6) is -3.03. The van der Waals surface area contributed by atoms with Crippen molar-refractivity contribution in [2.45, 2.75) is 12.5 Å². The van der Waals surface area contributed by atoms with Gasteiger partial charge in [-0.15, -0.1) is 0 Å². The molecule has 0 saturated heterocycles. The van der Waals surface area contributed by atoms with Crippen LogP contribution in [0.25, 0.3) is 0 Å². The predicted molar refractivity (Wildman–Crippen MR) is 73.4 cm³/mol. The van der Waals surface area contributed by atoms with E-state index in [0.717, 1.165) is 0 Å². The molecule has 0 saturated carbocycles. The smallest absolute Gasteiger partial charge is 0.133 e. The number of hydrogen-bond acceptors (Lipinski definition) is 1. The van der Waals surface area contributed by atoms with Gasteiger partial charge in [0.2, 0.25) is 0 Å². The summed E-state index contributed by atoms with van der Waals surface area (Å²) in [4.78, 5) is 0. The molecule has 0 spiro atoms. The number of nitrogens with two attached hydrogens (primary N) is 1. The van der Waals surface area contributed by atoms with Gasteiger partial charge in [-0.2, -0.15) is 0 Å². The van der Waals surface area contributed by atoms with Gasteiger partial charge in [0.25, 0.3) is 0 Å². The van der Waals surface area contributed by atoms with Crippen LogP contribution in [0.3, 0.4) is 0 Å². The molecule has 1 nitrogen and oxygen atoms in total. The van der Waals surface area contributed by atoms with Crippen LogP contribution in [0.1, 0.15) is 17.2 Å². The van der Waals surface area contributed by atoms with E-state index in [1.54, 1.807) is 18.2 Å². The van der Waals surface area contributed by atoms with E-state index in [9.17, 15) is 13.2 Å². The van der Waals surface area contributed by atoms with Crippen LogP contribution in [0.5, 0.6) is 0 Å². The van der Waals surface area contributed by atoms with Crippen LogP contribution in [0.4, 0.5) is 13.2 Å². The summed E-state index contributed by atoms with van der Waals surface area (Å²) in [6.07, 6.45) is 0.0822. The van der Waals surface area contributed by atoms with Gasteiger partial charge in [-0.1, -0.05) is 23.2 Å². The lowest BCUT2D eigenvalue weighted by atomic mass is 9.98. The lowest BCUT2D eigenvalue weighted by Gasteiger charge is -2.15. The predicted octanol–water partition coefficient (Wildman–Crippen LogP) is 4.65. The summed E-state index contributed by atoms with van der Waals surface area (Å²) in [6, 6.07) is 4.94. The van der Waals surface area contributed by atoms with Crippen LogP contribution in [-0.2, 0) is 6.42 Å². The normalized spacial score (nSPS) is 12.5. The fraction of sp³-hybridized carbons (Fsp3) is 0.143. The molecular weight excluding hydrogens is 310 g/mol. The van der Waals surface area contributed by atoms with Crippen molar-refractivity contribution >= 4 is 23.2 Å². The number of benzene rings is 2. The lowest BCUT2D eigenvalue weighted by molar-refractivity contribution is 0.501. The Morgan fingerprint density at radius 1 is 1.00 bits per heavy atom. The molecule has 0 heterocycles. The Morgan fingerprint density at radius 3 is 2.20 bits per heavy atom. The summed E-state index contributed by atoms with van der Waals surface area (Å²) < 4.78 is 40.1. The van der Waals surface area contributed by atoms with E-state index < -0.39 is 23.5 Å². The van der Waals surface area contributed by atoms with E-state index in [1.165, 1.54) is 0 Å². The monoisotopic (exact) mass is 319 g/mol.